The first-order chi connectivity index (χ1) is 10.2. The molecule has 0 spiro atoms. The minimum absolute atomic E-state index is 0.553. The van der Waals surface area contributed by atoms with Crippen molar-refractivity contribution in [3.8, 4) is 17.4 Å². The molecule has 1 N–H and O–H groups in total. The van der Waals surface area contributed by atoms with Gasteiger partial charge in [0.1, 0.15) is 23.6 Å². The molecule has 2 rings (SSSR count). The third kappa shape index (κ3) is 4.08. The van der Waals surface area contributed by atoms with Gasteiger partial charge in [-0.1, -0.05) is 13.0 Å². The molecule has 0 aliphatic rings. The lowest BCUT2D eigenvalue weighted by molar-refractivity contribution is 0.338. The number of benzene rings is 1. The maximum Gasteiger partial charge on any atom is 0.227 e. The highest BCUT2D eigenvalue weighted by Crippen LogP contribution is 2.28. The molecule has 1 heterocycles. The van der Waals surface area contributed by atoms with E-state index in [1.807, 2.05) is 38.1 Å². The van der Waals surface area contributed by atoms with Gasteiger partial charge in [0.25, 0.3) is 0 Å². The van der Waals surface area contributed by atoms with Gasteiger partial charge in [-0.05, 0) is 32.4 Å². The number of nitrogens with one attached hydrogen (secondary N) is 1. The zero-order valence-electron chi connectivity index (χ0n) is 12.7. The minimum atomic E-state index is 0.553. The molecule has 21 heavy (non-hydrogen) atoms. The van der Waals surface area contributed by atoms with Gasteiger partial charge in [0.2, 0.25) is 5.88 Å². The molecule has 0 saturated carbocycles. The maximum absolute atomic E-state index is 5.85. The number of hydrogen-bond acceptors (Lipinski definition) is 5. The predicted octanol–water partition coefficient (Wildman–Crippen LogP) is 3.80. The van der Waals surface area contributed by atoms with Gasteiger partial charge in [-0.2, -0.15) is 0 Å². The Kier molecular flexibility index (Phi) is 5.37. The van der Waals surface area contributed by atoms with Crippen molar-refractivity contribution >= 4 is 5.82 Å². The van der Waals surface area contributed by atoms with E-state index in [4.69, 9.17) is 9.47 Å². The van der Waals surface area contributed by atoms with Crippen molar-refractivity contribution in [3.05, 3.63) is 36.2 Å². The van der Waals surface area contributed by atoms with E-state index in [-0.39, 0.29) is 0 Å². The third-order valence-corrected chi connectivity index (χ3v) is 2.91. The maximum atomic E-state index is 5.85. The van der Waals surface area contributed by atoms with Crippen LogP contribution >= 0.6 is 0 Å². The molecule has 5 nitrogen and oxygen atoms in total. The molecule has 1 aromatic carbocycles. The van der Waals surface area contributed by atoms with Crippen LogP contribution < -0.4 is 14.8 Å². The Morgan fingerprint density at radius 2 is 1.95 bits per heavy atom. The lowest BCUT2D eigenvalue weighted by Gasteiger charge is -2.12. The van der Waals surface area contributed by atoms with Gasteiger partial charge >= 0.3 is 0 Å². The molecule has 0 aliphatic heterocycles. The van der Waals surface area contributed by atoms with Gasteiger partial charge in [0, 0.05) is 12.6 Å². The second-order valence-electron chi connectivity index (χ2n) is 4.59. The van der Waals surface area contributed by atoms with E-state index < -0.39 is 0 Å². The molecule has 0 radical (unpaired) electrons. The number of hydrogen-bond donors (Lipinski definition) is 1. The number of nitrogens with zero attached hydrogens (tertiary/aromatic N) is 2. The molecule has 0 unspecified atom stereocenters. The van der Waals surface area contributed by atoms with Gasteiger partial charge in [-0.15, -0.1) is 0 Å². The van der Waals surface area contributed by atoms with Crippen LogP contribution in [0.4, 0.5) is 5.82 Å². The van der Waals surface area contributed by atoms with E-state index >= 15 is 0 Å². The van der Waals surface area contributed by atoms with Crippen molar-refractivity contribution < 1.29 is 9.47 Å². The highest BCUT2D eigenvalue weighted by Gasteiger charge is 2.09. The lowest BCUT2D eigenvalue weighted by atomic mass is 10.3. The molecule has 0 bridgehead atoms. The van der Waals surface area contributed by atoms with E-state index in [0.29, 0.717) is 18.2 Å². The van der Waals surface area contributed by atoms with Crippen LogP contribution in [0, 0.1) is 6.92 Å². The van der Waals surface area contributed by atoms with Crippen molar-refractivity contribution in [2.24, 2.45) is 0 Å². The summed E-state index contributed by atoms with van der Waals surface area (Å²) >= 11 is 0. The zero-order valence-corrected chi connectivity index (χ0v) is 12.7. The Morgan fingerprint density at radius 1 is 1.14 bits per heavy atom. The number of aromatic nitrogens is 2. The Balaban J connectivity index is 2.17. The molecule has 0 amide bonds. The molecule has 2 aromatic rings. The highest BCUT2D eigenvalue weighted by atomic mass is 16.5. The first-order valence-electron chi connectivity index (χ1n) is 7.20. The summed E-state index contributed by atoms with van der Waals surface area (Å²) in [5.74, 6) is 2.84. The summed E-state index contributed by atoms with van der Waals surface area (Å²) in [5.41, 5.74) is 0.896. The van der Waals surface area contributed by atoms with Crippen molar-refractivity contribution in [2.75, 3.05) is 18.5 Å². The Hall–Kier alpha value is -2.30. The molecule has 5 heteroatoms. The predicted molar refractivity (Wildman–Crippen MR) is 83.2 cm³/mol. The van der Waals surface area contributed by atoms with Crippen molar-refractivity contribution in [1.82, 2.24) is 9.97 Å². The first kappa shape index (κ1) is 15.1. The third-order valence-electron chi connectivity index (χ3n) is 2.91. The number of ether oxygens (including phenoxy) is 2. The minimum Gasteiger partial charge on any atom is -0.494 e. The van der Waals surface area contributed by atoms with Crippen LogP contribution in [0.5, 0.6) is 17.4 Å². The molecule has 0 atom stereocenters. The van der Waals surface area contributed by atoms with Gasteiger partial charge in [-0.3, -0.25) is 0 Å². The Bertz CT molecular complexity index is 587. The summed E-state index contributed by atoms with van der Waals surface area (Å²) in [6.07, 6.45) is 2.54. The lowest BCUT2D eigenvalue weighted by Crippen LogP contribution is -2.05. The van der Waals surface area contributed by atoms with Crippen LogP contribution in [0.3, 0.4) is 0 Å². The summed E-state index contributed by atoms with van der Waals surface area (Å²) < 4.78 is 11.3. The van der Waals surface area contributed by atoms with Gasteiger partial charge in [-0.25, -0.2) is 9.97 Å². The fraction of sp³-hybridized carbons (Fsp3) is 0.375. The standard InChI is InChI=1S/C16H21N3O2/c1-4-9-17-15-12(3)16(19-11-18-15)21-14-8-6-7-13(10-14)20-5-2/h6-8,10-11H,4-5,9H2,1-3H3,(H,17,18,19). The van der Waals surface area contributed by atoms with Crippen LogP contribution in [0.2, 0.25) is 0 Å². The van der Waals surface area contributed by atoms with Crippen molar-refractivity contribution in [1.29, 1.82) is 0 Å². The molecule has 112 valence electrons. The fourth-order valence-electron chi connectivity index (χ4n) is 1.86. The summed E-state index contributed by atoms with van der Waals surface area (Å²) in [6.45, 7) is 7.51. The number of rotatable bonds is 7. The van der Waals surface area contributed by atoms with Crippen LogP contribution in [0.1, 0.15) is 25.8 Å². The fourth-order valence-corrected chi connectivity index (χ4v) is 1.86. The number of anilines is 1. The normalized spacial score (nSPS) is 10.2. The molecular weight excluding hydrogens is 266 g/mol. The zero-order chi connectivity index (χ0) is 15.1. The van der Waals surface area contributed by atoms with Crippen molar-refractivity contribution in [2.45, 2.75) is 27.2 Å². The highest BCUT2D eigenvalue weighted by molar-refractivity contribution is 5.49. The van der Waals surface area contributed by atoms with Crippen LogP contribution in [-0.4, -0.2) is 23.1 Å². The molecule has 0 aliphatic carbocycles. The van der Waals surface area contributed by atoms with Crippen molar-refractivity contribution in [3.63, 3.8) is 0 Å². The Labute approximate surface area is 125 Å². The van der Waals surface area contributed by atoms with Gasteiger partial charge in [0.05, 0.1) is 12.2 Å². The average Bonchev–Trinajstić information content (AvgIpc) is 2.49. The molecular formula is C16H21N3O2. The van der Waals surface area contributed by atoms with Gasteiger partial charge < -0.3 is 14.8 Å². The van der Waals surface area contributed by atoms with E-state index in [1.165, 1.54) is 6.33 Å². The smallest absolute Gasteiger partial charge is 0.227 e. The summed E-state index contributed by atoms with van der Waals surface area (Å²) in [4.78, 5) is 8.44. The topological polar surface area (TPSA) is 56.3 Å². The quantitative estimate of drug-likeness (QED) is 0.839. The summed E-state index contributed by atoms with van der Waals surface area (Å²) in [6, 6.07) is 7.53. The monoisotopic (exact) mass is 287 g/mol. The Morgan fingerprint density at radius 3 is 2.71 bits per heavy atom. The average molecular weight is 287 g/mol. The van der Waals surface area contributed by atoms with E-state index in [9.17, 15) is 0 Å². The van der Waals surface area contributed by atoms with E-state index in [1.54, 1.807) is 0 Å². The second kappa shape index (κ2) is 7.47. The van der Waals surface area contributed by atoms with Crippen LogP contribution in [0.15, 0.2) is 30.6 Å². The molecule has 1 aromatic heterocycles. The summed E-state index contributed by atoms with van der Waals surface area (Å²) in [5, 5.41) is 3.26. The van der Waals surface area contributed by atoms with Gasteiger partial charge in [0.15, 0.2) is 0 Å². The van der Waals surface area contributed by atoms with Crippen LogP contribution in [-0.2, 0) is 0 Å². The molecule has 0 fully saturated rings. The SMILES string of the molecule is CCCNc1ncnc(Oc2cccc(OCC)c2)c1C. The largest absolute Gasteiger partial charge is 0.494 e. The van der Waals surface area contributed by atoms with Crippen LogP contribution in [0.25, 0.3) is 0 Å². The van der Waals surface area contributed by atoms with E-state index in [2.05, 4.69) is 22.2 Å². The van der Waals surface area contributed by atoms with E-state index in [0.717, 1.165) is 30.1 Å². The second-order valence-corrected chi connectivity index (χ2v) is 4.59. The summed E-state index contributed by atoms with van der Waals surface area (Å²) in [7, 11) is 0. The molecule has 0 saturated heterocycles. The first-order valence-corrected chi connectivity index (χ1v) is 7.20.